The molecule has 0 saturated heterocycles. The summed E-state index contributed by atoms with van der Waals surface area (Å²) >= 11 is 0. The van der Waals surface area contributed by atoms with E-state index in [4.69, 9.17) is 19.5 Å². The van der Waals surface area contributed by atoms with Gasteiger partial charge in [0.15, 0.2) is 0 Å². The van der Waals surface area contributed by atoms with Crippen molar-refractivity contribution >= 4 is 12.0 Å². The van der Waals surface area contributed by atoms with Gasteiger partial charge in [-0.1, -0.05) is 38.1 Å². The fraction of sp³-hybridized carbons (Fsp3) is 0.333. The zero-order chi connectivity index (χ0) is 21.1. The molecule has 0 saturated carbocycles. The Labute approximate surface area is 172 Å². The Hall–Kier alpha value is -3.26. The lowest BCUT2D eigenvalue weighted by Crippen LogP contribution is -2.09. The maximum Gasteiger partial charge on any atom is 0.348 e. The van der Waals surface area contributed by atoms with Gasteiger partial charge < -0.3 is 14.2 Å². The third-order valence-electron chi connectivity index (χ3n) is 4.49. The predicted molar refractivity (Wildman–Crippen MR) is 113 cm³/mol. The van der Waals surface area contributed by atoms with Gasteiger partial charge in [-0.15, -0.1) is 0 Å². The summed E-state index contributed by atoms with van der Waals surface area (Å²) in [5, 5.41) is 9.07. The number of carbonyl (C=O) groups excluding carboxylic acids is 1. The van der Waals surface area contributed by atoms with E-state index >= 15 is 0 Å². The van der Waals surface area contributed by atoms with Crippen LogP contribution in [0.25, 0.3) is 6.08 Å². The number of benzene rings is 2. The van der Waals surface area contributed by atoms with Crippen molar-refractivity contribution in [3.05, 3.63) is 65.2 Å². The number of carbonyl (C=O) groups is 1. The summed E-state index contributed by atoms with van der Waals surface area (Å²) in [4.78, 5) is 11.7. The molecular weight excluding hydrogens is 366 g/mol. The minimum atomic E-state index is -0.621. The molecule has 0 aromatic heterocycles. The molecule has 0 aliphatic rings. The minimum Gasteiger partial charge on any atom is -0.490 e. The quantitative estimate of drug-likeness (QED) is 0.242. The highest BCUT2D eigenvalue weighted by molar-refractivity contribution is 5.97. The van der Waals surface area contributed by atoms with Crippen LogP contribution in [0.3, 0.4) is 0 Å². The SMILES string of the molecule is CCOC(=O)/C(C#N)=C/c1ccc(OCCOc2ccc([C@H](C)CC)cc2)cc1. The summed E-state index contributed by atoms with van der Waals surface area (Å²) in [6, 6.07) is 17.2. The number of hydrogen-bond donors (Lipinski definition) is 0. The van der Waals surface area contributed by atoms with E-state index in [1.807, 2.05) is 18.2 Å². The van der Waals surface area contributed by atoms with E-state index in [0.717, 1.165) is 17.7 Å². The minimum absolute atomic E-state index is 0.0340. The first kappa shape index (κ1) is 22.0. The summed E-state index contributed by atoms with van der Waals surface area (Å²) in [6.07, 6.45) is 2.61. The molecule has 0 amide bonds. The first-order chi connectivity index (χ1) is 14.1. The second kappa shape index (κ2) is 11.6. The molecule has 152 valence electrons. The lowest BCUT2D eigenvalue weighted by molar-refractivity contribution is -0.137. The molecule has 0 aliphatic heterocycles. The fourth-order valence-corrected chi connectivity index (χ4v) is 2.62. The van der Waals surface area contributed by atoms with Gasteiger partial charge in [0.2, 0.25) is 0 Å². The van der Waals surface area contributed by atoms with Crippen LogP contribution in [-0.4, -0.2) is 25.8 Å². The summed E-state index contributed by atoms with van der Waals surface area (Å²) < 4.78 is 16.2. The molecule has 0 fully saturated rings. The monoisotopic (exact) mass is 393 g/mol. The molecule has 0 bridgehead atoms. The number of nitriles is 1. The maximum absolute atomic E-state index is 11.7. The van der Waals surface area contributed by atoms with Crippen molar-refractivity contribution in [3.8, 4) is 17.6 Å². The Kier molecular flexibility index (Phi) is 8.78. The molecule has 2 aromatic rings. The van der Waals surface area contributed by atoms with Crippen molar-refractivity contribution in [1.29, 1.82) is 5.26 Å². The van der Waals surface area contributed by atoms with Gasteiger partial charge in [-0.3, -0.25) is 0 Å². The van der Waals surface area contributed by atoms with Crippen LogP contribution >= 0.6 is 0 Å². The molecule has 0 N–H and O–H groups in total. The Morgan fingerprint density at radius 2 is 1.55 bits per heavy atom. The van der Waals surface area contributed by atoms with E-state index in [1.165, 1.54) is 11.6 Å². The second-order valence-corrected chi connectivity index (χ2v) is 6.53. The normalized spacial score (nSPS) is 12.0. The van der Waals surface area contributed by atoms with Gasteiger partial charge in [-0.2, -0.15) is 5.26 Å². The predicted octanol–water partition coefficient (Wildman–Crippen LogP) is 5.13. The molecule has 2 rings (SSSR count). The summed E-state index contributed by atoms with van der Waals surface area (Å²) in [6.45, 7) is 7.17. The van der Waals surface area contributed by atoms with Crippen LogP contribution in [-0.2, 0) is 9.53 Å². The van der Waals surface area contributed by atoms with Crippen molar-refractivity contribution in [2.24, 2.45) is 0 Å². The van der Waals surface area contributed by atoms with E-state index in [1.54, 1.807) is 31.2 Å². The molecule has 5 heteroatoms. The molecule has 0 unspecified atom stereocenters. The Morgan fingerprint density at radius 3 is 2.03 bits per heavy atom. The summed E-state index contributed by atoms with van der Waals surface area (Å²) in [5.74, 6) is 1.44. The van der Waals surface area contributed by atoms with Crippen LogP contribution in [0, 0.1) is 11.3 Å². The average molecular weight is 393 g/mol. The number of rotatable bonds is 10. The first-order valence-electron chi connectivity index (χ1n) is 9.81. The van der Waals surface area contributed by atoms with Gasteiger partial charge in [0, 0.05) is 0 Å². The number of hydrogen-bond acceptors (Lipinski definition) is 5. The Morgan fingerprint density at radius 1 is 1.00 bits per heavy atom. The van der Waals surface area contributed by atoms with Crippen LogP contribution in [0.4, 0.5) is 0 Å². The van der Waals surface area contributed by atoms with E-state index < -0.39 is 5.97 Å². The average Bonchev–Trinajstić information content (AvgIpc) is 2.76. The zero-order valence-electron chi connectivity index (χ0n) is 17.2. The highest BCUT2D eigenvalue weighted by atomic mass is 16.5. The molecule has 0 spiro atoms. The Bertz CT molecular complexity index is 848. The van der Waals surface area contributed by atoms with Gasteiger partial charge in [0.1, 0.15) is 36.4 Å². The van der Waals surface area contributed by atoms with E-state index in [9.17, 15) is 4.79 Å². The molecule has 0 aliphatic carbocycles. The van der Waals surface area contributed by atoms with E-state index in [2.05, 4.69) is 26.0 Å². The number of nitrogens with zero attached hydrogens (tertiary/aromatic N) is 1. The van der Waals surface area contributed by atoms with Gasteiger partial charge in [0.05, 0.1) is 6.61 Å². The lowest BCUT2D eigenvalue weighted by Gasteiger charge is -2.11. The second-order valence-electron chi connectivity index (χ2n) is 6.53. The van der Waals surface area contributed by atoms with Crippen LogP contribution in [0.2, 0.25) is 0 Å². The van der Waals surface area contributed by atoms with Gasteiger partial charge in [0.25, 0.3) is 0 Å². The molecular formula is C24H27NO4. The number of ether oxygens (including phenoxy) is 3. The standard InChI is InChI=1S/C24H27NO4/c1-4-18(3)20-8-12-23(13-9-20)29-15-14-28-22-10-6-19(7-11-22)16-21(17-25)24(26)27-5-2/h6-13,16,18H,4-5,14-15H2,1-3H3/b21-16+/t18-/m1/s1. The first-order valence-corrected chi connectivity index (χ1v) is 9.81. The molecule has 1 atom stereocenters. The molecule has 5 nitrogen and oxygen atoms in total. The summed E-state index contributed by atoms with van der Waals surface area (Å²) in [7, 11) is 0. The highest BCUT2D eigenvalue weighted by Gasteiger charge is 2.09. The Balaban J connectivity index is 1.81. The van der Waals surface area contributed by atoms with Crippen LogP contribution in [0.1, 0.15) is 44.2 Å². The van der Waals surface area contributed by atoms with Gasteiger partial charge in [-0.25, -0.2) is 4.79 Å². The molecule has 0 radical (unpaired) electrons. The maximum atomic E-state index is 11.7. The third-order valence-corrected chi connectivity index (χ3v) is 4.49. The van der Waals surface area contributed by atoms with E-state index in [-0.39, 0.29) is 12.2 Å². The lowest BCUT2D eigenvalue weighted by atomic mass is 9.99. The van der Waals surface area contributed by atoms with Crippen molar-refractivity contribution in [1.82, 2.24) is 0 Å². The molecule has 29 heavy (non-hydrogen) atoms. The van der Waals surface area contributed by atoms with E-state index in [0.29, 0.717) is 24.9 Å². The van der Waals surface area contributed by atoms with Crippen molar-refractivity contribution in [2.45, 2.75) is 33.1 Å². The van der Waals surface area contributed by atoms with Crippen LogP contribution in [0.15, 0.2) is 54.1 Å². The third kappa shape index (κ3) is 7.00. The van der Waals surface area contributed by atoms with Crippen molar-refractivity contribution in [2.75, 3.05) is 19.8 Å². The zero-order valence-corrected chi connectivity index (χ0v) is 17.2. The van der Waals surface area contributed by atoms with Crippen molar-refractivity contribution < 1.29 is 19.0 Å². The largest absolute Gasteiger partial charge is 0.490 e. The molecule has 0 heterocycles. The summed E-state index contributed by atoms with van der Waals surface area (Å²) in [5.41, 5.74) is 2.00. The smallest absolute Gasteiger partial charge is 0.348 e. The van der Waals surface area contributed by atoms with Crippen LogP contribution in [0.5, 0.6) is 11.5 Å². The van der Waals surface area contributed by atoms with Crippen molar-refractivity contribution in [3.63, 3.8) is 0 Å². The van der Waals surface area contributed by atoms with Gasteiger partial charge >= 0.3 is 5.97 Å². The van der Waals surface area contributed by atoms with Gasteiger partial charge in [-0.05, 0) is 60.7 Å². The molecule has 2 aromatic carbocycles. The fourth-order valence-electron chi connectivity index (χ4n) is 2.62. The van der Waals surface area contributed by atoms with Crippen LogP contribution < -0.4 is 9.47 Å². The highest BCUT2D eigenvalue weighted by Crippen LogP contribution is 2.21. The number of esters is 1. The topological polar surface area (TPSA) is 68.6 Å².